The standard InChI is InChI=1S/C24H31N5O.HI/c1-19(20-9-11-23(30-3)12-10-20)13-15-26-24(25-2)27-17-21-7-4-5-8-22(21)18-29-16-6-14-28-29;/h4-12,14,16,19H,13,15,17-18H2,1-3H3,(H2,25,26,27);1H. The Labute approximate surface area is 202 Å². The molecule has 1 aromatic heterocycles. The number of methoxy groups -OCH3 is 1. The summed E-state index contributed by atoms with van der Waals surface area (Å²) in [5.74, 6) is 2.16. The van der Waals surface area contributed by atoms with E-state index in [1.54, 1.807) is 20.4 Å². The number of guanidine groups is 1. The molecule has 0 bridgehead atoms. The van der Waals surface area contributed by atoms with Gasteiger partial charge in [0.25, 0.3) is 0 Å². The van der Waals surface area contributed by atoms with Crippen LogP contribution in [0.5, 0.6) is 5.75 Å². The Kier molecular flexibility index (Phi) is 10.4. The van der Waals surface area contributed by atoms with Gasteiger partial charge in [0, 0.05) is 32.5 Å². The molecule has 2 N–H and O–H groups in total. The van der Waals surface area contributed by atoms with E-state index in [1.165, 1.54) is 16.7 Å². The van der Waals surface area contributed by atoms with Crippen LogP contribution in [0.3, 0.4) is 0 Å². The van der Waals surface area contributed by atoms with Gasteiger partial charge < -0.3 is 15.4 Å². The summed E-state index contributed by atoms with van der Waals surface area (Å²) in [6.07, 6.45) is 4.80. The highest BCUT2D eigenvalue weighted by atomic mass is 127. The normalized spacial score (nSPS) is 12.0. The maximum absolute atomic E-state index is 5.24. The number of aromatic nitrogens is 2. The minimum atomic E-state index is 0. The van der Waals surface area contributed by atoms with Gasteiger partial charge in [-0.3, -0.25) is 9.67 Å². The molecule has 6 nitrogen and oxygen atoms in total. The lowest BCUT2D eigenvalue weighted by Gasteiger charge is -2.16. The highest BCUT2D eigenvalue weighted by molar-refractivity contribution is 14.0. The number of hydrogen-bond acceptors (Lipinski definition) is 3. The van der Waals surface area contributed by atoms with Gasteiger partial charge in [-0.25, -0.2) is 0 Å². The molecule has 1 unspecified atom stereocenters. The van der Waals surface area contributed by atoms with Crippen molar-refractivity contribution in [2.75, 3.05) is 20.7 Å². The molecule has 1 heterocycles. The van der Waals surface area contributed by atoms with E-state index in [2.05, 4.69) is 64.0 Å². The third kappa shape index (κ3) is 7.57. The topological polar surface area (TPSA) is 63.5 Å². The highest BCUT2D eigenvalue weighted by Gasteiger charge is 2.08. The van der Waals surface area contributed by atoms with Crippen LogP contribution in [-0.4, -0.2) is 36.4 Å². The summed E-state index contributed by atoms with van der Waals surface area (Å²) in [4.78, 5) is 4.36. The number of nitrogens with one attached hydrogen (secondary N) is 2. The van der Waals surface area contributed by atoms with Crippen molar-refractivity contribution in [1.29, 1.82) is 0 Å². The highest BCUT2D eigenvalue weighted by Crippen LogP contribution is 2.21. The van der Waals surface area contributed by atoms with Gasteiger partial charge in [0.15, 0.2) is 5.96 Å². The molecular weight excluding hydrogens is 501 g/mol. The zero-order valence-corrected chi connectivity index (χ0v) is 20.7. The molecule has 0 aliphatic carbocycles. The van der Waals surface area contributed by atoms with E-state index in [9.17, 15) is 0 Å². The number of rotatable bonds is 9. The molecule has 3 rings (SSSR count). The van der Waals surface area contributed by atoms with Crippen LogP contribution in [0.4, 0.5) is 0 Å². The van der Waals surface area contributed by atoms with Crippen LogP contribution in [-0.2, 0) is 13.1 Å². The summed E-state index contributed by atoms with van der Waals surface area (Å²) in [6, 6.07) is 18.7. The molecule has 3 aromatic rings. The minimum absolute atomic E-state index is 0. The van der Waals surface area contributed by atoms with Gasteiger partial charge in [0.05, 0.1) is 13.7 Å². The van der Waals surface area contributed by atoms with Crippen molar-refractivity contribution in [3.05, 3.63) is 83.7 Å². The fraction of sp³-hybridized carbons (Fsp3) is 0.333. The molecule has 0 amide bonds. The Bertz CT molecular complexity index is 925. The van der Waals surface area contributed by atoms with Gasteiger partial charge in [-0.15, -0.1) is 24.0 Å². The number of benzene rings is 2. The average Bonchev–Trinajstić information content (AvgIpc) is 3.30. The van der Waals surface area contributed by atoms with Crippen molar-refractivity contribution >= 4 is 29.9 Å². The van der Waals surface area contributed by atoms with E-state index >= 15 is 0 Å². The van der Waals surface area contributed by atoms with Crippen molar-refractivity contribution in [2.24, 2.45) is 4.99 Å². The predicted molar refractivity (Wildman–Crippen MR) is 137 cm³/mol. The van der Waals surface area contributed by atoms with E-state index in [0.29, 0.717) is 12.5 Å². The molecule has 0 radical (unpaired) electrons. The summed E-state index contributed by atoms with van der Waals surface area (Å²) < 4.78 is 7.17. The van der Waals surface area contributed by atoms with E-state index < -0.39 is 0 Å². The zero-order chi connectivity index (χ0) is 21.2. The van der Waals surface area contributed by atoms with Gasteiger partial charge in [0.1, 0.15) is 5.75 Å². The maximum atomic E-state index is 5.24. The Morgan fingerprint density at radius 2 is 1.81 bits per heavy atom. The monoisotopic (exact) mass is 533 g/mol. The van der Waals surface area contributed by atoms with Crippen LogP contribution >= 0.6 is 24.0 Å². The third-order valence-corrected chi connectivity index (χ3v) is 5.23. The Morgan fingerprint density at radius 1 is 1.06 bits per heavy atom. The first-order valence-corrected chi connectivity index (χ1v) is 10.3. The fourth-order valence-corrected chi connectivity index (χ4v) is 3.36. The smallest absolute Gasteiger partial charge is 0.191 e. The SMILES string of the molecule is CN=C(NCCC(C)c1ccc(OC)cc1)NCc1ccccc1Cn1cccn1.I. The van der Waals surface area contributed by atoms with Crippen molar-refractivity contribution in [3.8, 4) is 5.75 Å². The summed E-state index contributed by atoms with van der Waals surface area (Å²) in [5, 5.41) is 11.2. The van der Waals surface area contributed by atoms with Gasteiger partial charge in [0.2, 0.25) is 0 Å². The van der Waals surface area contributed by atoms with Crippen LogP contribution < -0.4 is 15.4 Å². The molecule has 7 heteroatoms. The number of hydrogen-bond donors (Lipinski definition) is 2. The average molecular weight is 533 g/mol. The first kappa shape index (κ1) is 24.7. The number of halogens is 1. The van der Waals surface area contributed by atoms with Crippen LogP contribution in [0.1, 0.15) is 36.0 Å². The predicted octanol–water partition coefficient (Wildman–Crippen LogP) is 4.42. The largest absolute Gasteiger partial charge is 0.497 e. The van der Waals surface area contributed by atoms with E-state index in [1.807, 2.05) is 29.1 Å². The molecule has 2 aromatic carbocycles. The van der Waals surface area contributed by atoms with E-state index in [4.69, 9.17) is 4.74 Å². The minimum Gasteiger partial charge on any atom is -0.497 e. The fourth-order valence-electron chi connectivity index (χ4n) is 3.36. The van der Waals surface area contributed by atoms with Crippen LogP contribution in [0.15, 0.2) is 72.0 Å². The summed E-state index contributed by atoms with van der Waals surface area (Å²) in [7, 11) is 3.49. The number of aliphatic imine (C=N–C) groups is 1. The molecule has 0 spiro atoms. The lowest BCUT2D eigenvalue weighted by Crippen LogP contribution is -2.37. The summed E-state index contributed by atoms with van der Waals surface area (Å²) >= 11 is 0. The number of ether oxygens (including phenoxy) is 1. The zero-order valence-electron chi connectivity index (χ0n) is 18.4. The van der Waals surface area contributed by atoms with Crippen LogP contribution in [0.2, 0.25) is 0 Å². The molecule has 0 fully saturated rings. The van der Waals surface area contributed by atoms with Gasteiger partial charge >= 0.3 is 0 Å². The Morgan fingerprint density at radius 3 is 2.45 bits per heavy atom. The third-order valence-electron chi connectivity index (χ3n) is 5.23. The second kappa shape index (κ2) is 13.0. The molecular formula is C24H32IN5O. The summed E-state index contributed by atoms with van der Waals surface area (Å²) in [5.41, 5.74) is 3.80. The lowest BCUT2D eigenvalue weighted by atomic mass is 9.98. The Hall–Kier alpha value is -2.55. The first-order chi connectivity index (χ1) is 14.7. The van der Waals surface area contributed by atoms with E-state index in [-0.39, 0.29) is 24.0 Å². The summed E-state index contributed by atoms with van der Waals surface area (Å²) in [6.45, 7) is 4.56. The second-order valence-corrected chi connectivity index (χ2v) is 7.29. The van der Waals surface area contributed by atoms with Crippen molar-refractivity contribution in [1.82, 2.24) is 20.4 Å². The lowest BCUT2D eigenvalue weighted by molar-refractivity contribution is 0.414. The second-order valence-electron chi connectivity index (χ2n) is 7.29. The molecule has 0 saturated carbocycles. The first-order valence-electron chi connectivity index (χ1n) is 10.3. The van der Waals surface area contributed by atoms with E-state index in [0.717, 1.165) is 31.2 Å². The molecule has 166 valence electrons. The quantitative estimate of drug-likeness (QED) is 0.243. The van der Waals surface area contributed by atoms with Crippen molar-refractivity contribution in [3.63, 3.8) is 0 Å². The van der Waals surface area contributed by atoms with Crippen LogP contribution in [0, 0.1) is 0 Å². The molecule has 31 heavy (non-hydrogen) atoms. The van der Waals surface area contributed by atoms with Gasteiger partial charge in [-0.05, 0) is 47.2 Å². The van der Waals surface area contributed by atoms with Crippen molar-refractivity contribution < 1.29 is 4.74 Å². The maximum Gasteiger partial charge on any atom is 0.191 e. The van der Waals surface area contributed by atoms with Crippen LogP contribution in [0.25, 0.3) is 0 Å². The van der Waals surface area contributed by atoms with Gasteiger partial charge in [-0.1, -0.05) is 43.3 Å². The van der Waals surface area contributed by atoms with Gasteiger partial charge in [-0.2, -0.15) is 5.10 Å². The number of nitrogens with zero attached hydrogens (tertiary/aromatic N) is 3. The molecule has 0 aliphatic rings. The molecule has 1 atom stereocenters. The van der Waals surface area contributed by atoms with Crippen molar-refractivity contribution in [2.45, 2.75) is 32.4 Å². The molecule has 0 aliphatic heterocycles. The molecule has 0 saturated heterocycles. The Balaban J connectivity index is 0.00000341.